The lowest BCUT2D eigenvalue weighted by molar-refractivity contribution is -0.302. The number of aliphatic hydroxyl groups is 3. The standard InChI is InChI=1S/C58H90N2O13Si/c1-15-40-25-33(2)24-34(3)26-50(68-11)53-51(69-12)28-36(5)58(67,72-53)54(64)55(65)60-23-17-16-18-45(60)56(66)71-52(37(6)46(61)32-47(40)62)35(4)27-39-19-22-49(48(63)29-39)70-42-20-21-43-41(30-42)31-44(59-43)38(7)73-74(13,14)57(8,9)10/h20-21,25,27,30-31,34,36-40,45-46,48-53,59,61,63,67H,15-19,22-24,26,28-29,32H2,1-14H3. The number of aromatic nitrogens is 1. The number of H-pyrrole nitrogens is 1. The molecule has 1 amide bonds. The number of allylic oxidation sites excluding steroid dienone is 3. The Morgan fingerprint density at radius 1 is 0.946 bits per heavy atom. The lowest BCUT2D eigenvalue weighted by Crippen LogP contribution is -2.64. The highest BCUT2D eigenvalue weighted by Gasteiger charge is 2.57. The fourth-order valence-electron chi connectivity index (χ4n) is 11.6. The number of fused-ring (bicyclic) bond motifs is 4. The van der Waals surface area contributed by atoms with Gasteiger partial charge >= 0.3 is 5.97 Å². The molecule has 0 radical (unpaired) electrons. The maximum Gasteiger partial charge on any atom is 0.329 e. The first kappa shape index (κ1) is 59.5. The number of benzene rings is 1. The van der Waals surface area contributed by atoms with Gasteiger partial charge in [-0.15, -0.1) is 0 Å². The zero-order valence-corrected chi connectivity index (χ0v) is 47.9. The molecule has 1 saturated carbocycles. The van der Waals surface area contributed by atoms with Gasteiger partial charge in [-0.2, -0.15) is 0 Å². The molecule has 4 aliphatic rings. The van der Waals surface area contributed by atoms with E-state index < -0.39 is 98.3 Å². The zero-order chi connectivity index (χ0) is 54.6. The Balaban J connectivity index is 1.24. The molecular weight excluding hydrogens is 961 g/mol. The van der Waals surface area contributed by atoms with Crippen LogP contribution in [0.1, 0.15) is 152 Å². The molecule has 1 aliphatic carbocycles. The Hall–Kier alpha value is -3.74. The summed E-state index contributed by atoms with van der Waals surface area (Å²) in [5.41, 5.74) is 3.57. The first-order valence-electron chi connectivity index (χ1n) is 27.4. The summed E-state index contributed by atoms with van der Waals surface area (Å²) in [4.78, 5) is 62.2. The van der Waals surface area contributed by atoms with Crippen molar-refractivity contribution in [1.82, 2.24) is 9.88 Å². The second kappa shape index (κ2) is 24.7. The van der Waals surface area contributed by atoms with E-state index in [2.05, 4.69) is 58.8 Å². The Morgan fingerprint density at radius 2 is 1.64 bits per heavy atom. The number of ether oxygens (including phenoxy) is 5. The van der Waals surface area contributed by atoms with Crippen LogP contribution in [-0.2, 0) is 42.6 Å². The number of nitrogens with one attached hydrogen (secondary N) is 1. The molecule has 1 aromatic heterocycles. The van der Waals surface area contributed by atoms with E-state index in [0.29, 0.717) is 62.7 Å². The van der Waals surface area contributed by atoms with Gasteiger partial charge in [0.1, 0.15) is 35.9 Å². The molecule has 15 unspecified atom stereocenters. The Morgan fingerprint density at radius 3 is 2.28 bits per heavy atom. The molecule has 0 spiro atoms. The Kier molecular flexibility index (Phi) is 19.9. The summed E-state index contributed by atoms with van der Waals surface area (Å²) in [6, 6.07) is 6.81. The summed E-state index contributed by atoms with van der Waals surface area (Å²) in [5, 5.41) is 36.7. The number of aromatic amines is 1. The van der Waals surface area contributed by atoms with Crippen LogP contribution >= 0.6 is 0 Å². The van der Waals surface area contributed by atoms with Crippen molar-refractivity contribution in [1.29, 1.82) is 0 Å². The van der Waals surface area contributed by atoms with Gasteiger partial charge in [0.15, 0.2) is 8.32 Å². The number of hydrogen-bond donors (Lipinski definition) is 4. The van der Waals surface area contributed by atoms with Crippen molar-refractivity contribution in [2.75, 3.05) is 20.8 Å². The van der Waals surface area contributed by atoms with Crippen molar-refractivity contribution >= 4 is 42.7 Å². The molecular formula is C58H90N2O13Si. The predicted molar refractivity (Wildman–Crippen MR) is 287 cm³/mol. The molecule has 15 nitrogen and oxygen atoms in total. The van der Waals surface area contributed by atoms with E-state index >= 15 is 0 Å². The fraction of sp³-hybridized carbons (Fsp3) is 0.724. The van der Waals surface area contributed by atoms with Crippen LogP contribution in [0.3, 0.4) is 0 Å². The number of amides is 1. The van der Waals surface area contributed by atoms with Crippen molar-refractivity contribution in [3.8, 4) is 5.75 Å². The largest absolute Gasteiger partial charge is 0.488 e. The van der Waals surface area contributed by atoms with Crippen molar-refractivity contribution in [2.45, 2.75) is 219 Å². The van der Waals surface area contributed by atoms with Crippen molar-refractivity contribution in [2.24, 2.45) is 29.6 Å². The van der Waals surface area contributed by atoms with Crippen LogP contribution in [0.25, 0.3) is 10.9 Å². The van der Waals surface area contributed by atoms with Crippen LogP contribution in [0.2, 0.25) is 18.1 Å². The van der Waals surface area contributed by atoms with E-state index in [0.717, 1.165) is 22.2 Å². The molecule has 414 valence electrons. The van der Waals surface area contributed by atoms with Crippen molar-refractivity contribution < 1.29 is 62.6 Å². The smallest absolute Gasteiger partial charge is 0.329 e. The zero-order valence-electron chi connectivity index (χ0n) is 46.9. The van der Waals surface area contributed by atoms with Gasteiger partial charge in [-0.05, 0) is 145 Å². The number of methoxy groups -OCH3 is 2. The summed E-state index contributed by atoms with van der Waals surface area (Å²) in [6.45, 7) is 24.5. The van der Waals surface area contributed by atoms with Crippen LogP contribution in [0.5, 0.6) is 5.75 Å². The minimum Gasteiger partial charge on any atom is -0.488 e. The Bertz CT molecular complexity index is 2340. The third kappa shape index (κ3) is 13.7. The predicted octanol–water partition coefficient (Wildman–Crippen LogP) is 9.47. The summed E-state index contributed by atoms with van der Waals surface area (Å²) in [6.07, 6.45) is 2.73. The lowest BCUT2D eigenvalue weighted by atomic mass is 9.81. The van der Waals surface area contributed by atoms with E-state index in [9.17, 15) is 34.5 Å². The summed E-state index contributed by atoms with van der Waals surface area (Å²) in [5.74, 6) is -7.20. The monoisotopic (exact) mass is 1050 g/mol. The number of aliphatic hydroxyl groups excluding tert-OH is 2. The number of piperidine rings is 1. The average molecular weight is 1050 g/mol. The lowest BCUT2D eigenvalue weighted by Gasteiger charge is -2.47. The van der Waals surface area contributed by atoms with Gasteiger partial charge in [-0.1, -0.05) is 66.2 Å². The van der Waals surface area contributed by atoms with E-state index in [1.807, 2.05) is 51.1 Å². The number of carbonyl (C=O) groups is 4. The third-order valence-corrected chi connectivity index (χ3v) is 21.8. The van der Waals surface area contributed by atoms with Gasteiger partial charge in [0.05, 0.1) is 30.5 Å². The molecule has 6 rings (SSSR count). The number of esters is 1. The van der Waals surface area contributed by atoms with E-state index in [1.165, 1.54) is 19.1 Å². The fourth-order valence-corrected chi connectivity index (χ4v) is 12.9. The molecule has 3 fully saturated rings. The van der Waals surface area contributed by atoms with E-state index in [4.69, 9.17) is 28.1 Å². The number of nitrogens with zero attached hydrogens (tertiary/aromatic N) is 1. The molecule has 15 atom stereocenters. The number of rotatable bonds is 10. The molecule has 16 heteroatoms. The minimum absolute atomic E-state index is 0.0160. The summed E-state index contributed by atoms with van der Waals surface area (Å²) in [7, 11) is 1.07. The number of ketones is 2. The van der Waals surface area contributed by atoms with Crippen LogP contribution in [0.15, 0.2) is 47.6 Å². The molecule has 2 saturated heterocycles. The second-order valence-electron chi connectivity index (χ2n) is 24.0. The number of cyclic esters (lactones) is 1. The highest BCUT2D eigenvalue weighted by atomic mass is 28.4. The van der Waals surface area contributed by atoms with Crippen molar-refractivity contribution in [3.63, 3.8) is 0 Å². The second-order valence-corrected chi connectivity index (χ2v) is 28.8. The molecule has 4 heterocycles. The summed E-state index contributed by atoms with van der Waals surface area (Å²) < 4.78 is 37.6. The van der Waals surface area contributed by atoms with E-state index in [-0.39, 0.29) is 54.6 Å². The van der Waals surface area contributed by atoms with Gasteiger partial charge < -0.3 is 53.3 Å². The van der Waals surface area contributed by atoms with Gasteiger partial charge in [0.2, 0.25) is 5.79 Å². The third-order valence-electron chi connectivity index (χ3n) is 17.2. The van der Waals surface area contributed by atoms with Crippen LogP contribution in [-0.4, -0.2) is 132 Å². The molecule has 3 aliphatic heterocycles. The van der Waals surface area contributed by atoms with Gasteiger partial charge in [0.25, 0.3) is 11.7 Å². The molecule has 4 N–H and O–H groups in total. The molecule has 1 aromatic carbocycles. The molecule has 2 bridgehead atoms. The quantitative estimate of drug-likeness (QED) is 0.0759. The first-order valence-corrected chi connectivity index (χ1v) is 30.4. The molecule has 2 aromatic rings. The normalized spacial score (nSPS) is 34.6. The summed E-state index contributed by atoms with van der Waals surface area (Å²) >= 11 is 0. The molecule has 74 heavy (non-hydrogen) atoms. The maximum absolute atomic E-state index is 14.6. The van der Waals surface area contributed by atoms with Crippen molar-refractivity contribution in [3.05, 3.63) is 53.3 Å². The number of hydrogen-bond acceptors (Lipinski definition) is 13. The van der Waals surface area contributed by atoms with Gasteiger partial charge in [-0.25, -0.2) is 4.79 Å². The van der Waals surface area contributed by atoms with Gasteiger partial charge in [-0.3, -0.25) is 14.4 Å². The van der Waals surface area contributed by atoms with Crippen LogP contribution in [0.4, 0.5) is 0 Å². The van der Waals surface area contributed by atoms with Crippen LogP contribution < -0.4 is 4.74 Å². The highest BCUT2D eigenvalue weighted by molar-refractivity contribution is 6.74. The minimum atomic E-state index is -2.53. The number of carbonyl (C=O) groups excluding carboxylic acids is 4. The SMILES string of the molecule is CCC1C=C(C)CC(C)CC(OC)C2OC(O)(C(=O)C(=O)N3CCCCC3C(=O)OC(C(C)=CC3CCC(Oc4ccc5[nH]c(C(C)O[Si](C)(C)C(C)(C)C)cc5c4)C(O)C3)C(C)C(O)CC1=O)C(C)CC2OC. The van der Waals surface area contributed by atoms with Crippen LogP contribution in [0, 0.1) is 29.6 Å². The maximum atomic E-state index is 14.6. The highest BCUT2D eigenvalue weighted by Crippen LogP contribution is 2.42. The topological polar surface area (TPSA) is 203 Å². The first-order chi connectivity index (χ1) is 34.7. The Labute approximate surface area is 441 Å². The van der Waals surface area contributed by atoms with Gasteiger partial charge in [0, 0.05) is 61.5 Å². The van der Waals surface area contributed by atoms with E-state index in [1.54, 1.807) is 13.8 Å². The average Bonchev–Trinajstić information content (AvgIpc) is 3.78. The number of Topliss-reactive ketones (excluding diaryl/α,β-unsaturated/α-hetero) is 2.